The van der Waals surface area contributed by atoms with Crippen LogP contribution in [0, 0.1) is 5.41 Å². The van der Waals surface area contributed by atoms with Gasteiger partial charge in [0.1, 0.15) is 0 Å². The number of carbonyl (C=O) groups excluding carboxylic acids is 1. The molecular weight excluding hydrogens is 322 g/mol. The first-order chi connectivity index (χ1) is 12.2. The molecule has 1 amide bonds. The summed E-state index contributed by atoms with van der Waals surface area (Å²) < 4.78 is 22.4. The van der Waals surface area contributed by atoms with E-state index in [9.17, 15) is 4.79 Å². The molecule has 2 aliphatic heterocycles. The average Bonchev–Trinajstić information content (AvgIpc) is 2.65. The summed E-state index contributed by atoms with van der Waals surface area (Å²) in [4.78, 5) is 14.6. The van der Waals surface area contributed by atoms with Gasteiger partial charge in [-0.25, -0.2) is 0 Å². The Hall–Kier alpha value is -1.79. The van der Waals surface area contributed by atoms with Crippen LogP contribution in [0.1, 0.15) is 19.3 Å². The second-order valence-electron chi connectivity index (χ2n) is 6.80. The van der Waals surface area contributed by atoms with E-state index in [1.165, 1.54) is 0 Å². The number of ether oxygens (including phenoxy) is 4. The van der Waals surface area contributed by atoms with Crippen molar-refractivity contribution in [2.75, 3.05) is 47.1 Å². The number of rotatable bonds is 6. The largest absolute Gasteiger partial charge is 0.493 e. The van der Waals surface area contributed by atoms with Gasteiger partial charge in [0.05, 0.1) is 19.8 Å². The summed E-state index contributed by atoms with van der Waals surface area (Å²) in [6.07, 6.45) is 3.08. The second kappa shape index (κ2) is 8.06. The first-order valence-electron chi connectivity index (χ1n) is 8.83. The molecule has 0 aliphatic carbocycles. The molecular formula is C19H27NO5. The minimum Gasteiger partial charge on any atom is -0.493 e. The van der Waals surface area contributed by atoms with Crippen molar-refractivity contribution < 1.29 is 23.7 Å². The Morgan fingerprint density at radius 2 is 2.12 bits per heavy atom. The average molecular weight is 349 g/mol. The van der Waals surface area contributed by atoms with E-state index in [1.54, 1.807) is 20.3 Å². The molecule has 0 bridgehead atoms. The molecule has 0 N–H and O–H groups in total. The lowest BCUT2D eigenvalue weighted by atomic mass is 9.73. The Morgan fingerprint density at radius 3 is 2.88 bits per heavy atom. The van der Waals surface area contributed by atoms with Crippen LogP contribution in [0.3, 0.4) is 0 Å². The van der Waals surface area contributed by atoms with E-state index in [1.807, 2.05) is 23.1 Å². The quantitative estimate of drug-likeness (QED) is 0.787. The number of methoxy groups -OCH3 is 2. The van der Waals surface area contributed by atoms with Gasteiger partial charge in [0.15, 0.2) is 18.1 Å². The summed E-state index contributed by atoms with van der Waals surface area (Å²) in [5, 5.41) is 0. The van der Waals surface area contributed by atoms with Gasteiger partial charge in [-0.1, -0.05) is 12.1 Å². The number of nitrogens with zero attached hydrogens (tertiary/aromatic N) is 1. The lowest BCUT2D eigenvalue weighted by Gasteiger charge is -2.50. The lowest BCUT2D eigenvalue weighted by molar-refractivity contribution is -0.163. The van der Waals surface area contributed by atoms with E-state index >= 15 is 0 Å². The summed E-state index contributed by atoms with van der Waals surface area (Å²) in [5.74, 6) is 1.21. The molecule has 0 saturated carbocycles. The smallest absolute Gasteiger partial charge is 0.260 e. The molecule has 2 atom stereocenters. The van der Waals surface area contributed by atoms with Crippen molar-refractivity contribution >= 4 is 5.91 Å². The molecule has 0 unspecified atom stereocenters. The normalized spacial score (nSPS) is 26.0. The van der Waals surface area contributed by atoms with Gasteiger partial charge < -0.3 is 23.8 Å². The molecule has 0 spiro atoms. The van der Waals surface area contributed by atoms with Crippen LogP contribution in [-0.4, -0.2) is 64.0 Å². The summed E-state index contributed by atoms with van der Waals surface area (Å²) in [7, 11) is 3.30. The second-order valence-corrected chi connectivity index (χ2v) is 6.80. The molecule has 6 nitrogen and oxygen atoms in total. The van der Waals surface area contributed by atoms with E-state index in [-0.39, 0.29) is 24.0 Å². The number of carbonyl (C=O) groups is 1. The van der Waals surface area contributed by atoms with Gasteiger partial charge in [-0.05, 0) is 31.4 Å². The molecule has 2 aliphatic rings. The standard InChI is InChI=1S/C19H27NO5/c1-22-14-19-9-5-11-24-17(19)8-10-20(13-19)18(21)12-25-16-7-4-3-6-15(16)23-2/h3-4,6-7,17H,5,8-14H2,1-2H3/t17-,19-/m1/s1. The summed E-state index contributed by atoms with van der Waals surface area (Å²) in [6, 6.07) is 7.36. The van der Waals surface area contributed by atoms with Crippen LogP contribution in [0.25, 0.3) is 0 Å². The number of benzene rings is 1. The third-order valence-electron chi connectivity index (χ3n) is 5.19. The third kappa shape index (κ3) is 3.90. The Balaban J connectivity index is 1.62. The van der Waals surface area contributed by atoms with Gasteiger partial charge in [0.2, 0.25) is 0 Å². The van der Waals surface area contributed by atoms with Crippen LogP contribution >= 0.6 is 0 Å². The van der Waals surface area contributed by atoms with Crippen LogP contribution in [0.5, 0.6) is 11.5 Å². The Morgan fingerprint density at radius 1 is 1.32 bits per heavy atom. The van der Waals surface area contributed by atoms with Gasteiger partial charge >= 0.3 is 0 Å². The van der Waals surface area contributed by atoms with E-state index in [2.05, 4.69) is 0 Å². The predicted octanol–water partition coefficient (Wildman–Crippen LogP) is 2.12. The minimum atomic E-state index is -0.0919. The Bertz CT molecular complexity index is 589. The molecule has 0 radical (unpaired) electrons. The monoisotopic (exact) mass is 349 g/mol. The fraction of sp³-hybridized carbons (Fsp3) is 0.632. The van der Waals surface area contributed by atoms with Crippen molar-refractivity contribution in [3.63, 3.8) is 0 Å². The lowest BCUT2D eigenvalue weighted by Crippen LogP contribution is -2.58. The van der Waals surface area contributed by atoms with Crippen molar-refractivity contribution in [2.45, 2.75) is 25.4 Å². The van der Waals surface area contributed by atoms with E-state index in [0.717, 1.165) is 25.9 Å². The van der Waals surface area contributed by atoms with Gasteiger partial charge in [0, 0.05) is 32.2 Å². The van der Waals surface area contributed by atoms with Crippen LogP contribution in [-0.2, 0) is 14.3 Å². The zero-order valence-corrected chi connectivity index (χ0v) is 15.0. The molecule has 2 fully saturated rings. The van der Waals surface area contributed by atoms with Gasteiger partial charge in [-0.2, -0.15) is 0 Å². The SMILES string of the molecule is COC[C@]12CCCO[C@@H]1CCN(C(=O)COc1ccccc1OC)C2. The zero-order chi connectivity index (χ0) is 17.7. The maximum Gasteiger partial charge on any atom is 0.260 e. The molecule has 25 heavy (non-hydrogen) atoms. The molecule has 6 heteroatoms. The highest BCUT2D eigenvalue weighted by Crippen LogP contribution is 2.40. The maximum absolute atomic E-state index is 12.7. The van der Waals surface area contributed by atoms with Crippen LogP contribution in [0.2, 0.25) is 0 Å². The summed E-state index contributed by atoms with van der Waals surface area (Å²) in [5.41, 5.74) is -0.0919. The highest BCUT2D eigenvalue weighted by molar-refractivity contribution is 5.78. The third-order valence-corrected chi connectivity index (χ3v) is 5.19. The number of para-hydroxylation sites is 2. The number of hydrogen-bond donors (Lipinski definition) is 0. The Kier molecular flexibility index (Phi) is 5.81. The molecule has 138 valence electrons. The highest BCUT2D eigenvalue weighted by atomic mass is 16.5. The van der Waals surface area contributed by atoms with Crippen molar-refractivity contribution in [3.8, 4) is 11.5 Å². The van der Waals surface area contributed by atoms with Crippen molar-refractivity contribution in [3.05, 3.63) is 24.3 Å². The zero-order valence-electron chi connectivity index (χ0n) is 15.0. The molecule has 2 heterocycles. The molecule has 1 aromatic carbocycles. The van der Waals surface area contributed by atoms with Gasteiger partial charge in [0.25, 0.3) is 5.91 Å². The van der Waals surface area contributed by atoms with Crippen molar-refractivity contribution in [2.24, 2.45) is 5.41 Å². The highest BCUT2D eigenvalue weighted by Gasteiger charge is 2.47. The van der Waals surface area contributed by atoms with E-state index in [0.29, 0.717) is 31.2 Å². The summed E-state index contributed by atoms with van der Waals surface area (Å²) >= 11 is 0. The number of hydrogen-bond acceptors (Lipinski definition) is 5. The van der Waals surface area contributed by atoms with Crippen molar-refractivity contribution in [1.29, 1.82) is 0 Å². The van der Waals surface area contributed by atoms with Gasteiger partial charge in [-0.15, -0.1) is 0 Å². The minimum absolute atomic E-state index is 0.00888. The number of likely N-dealkylation sites (tertiary alicyclic amines) is 1. The summed E-state index contributed by atoms with van der Waals surface area (Å²) in [6.45, 7) is 2.80. The molecule has 0 aromatic heterocycles. The molecule has 1 aromatic rings. The maximum atomic E-state index is 12.7. The topological polar surface area (TPSA) is 57.2 Å². The predicted molar refractivity (Wildman–Crippen MR) is 93.0 cm³/mol. The first kappa shape index (κ1) is 18.0. The molecule has 3 rings (SSSR count). The van der Waals surface area contributed by atoms with Crippen LogP contribution in [0.4, 0.5) is 0 Å². The fourth-order valence-corrected chi connectivity index (χ4v) is 3.97. The first-order valence-corrected chi connectivity index (χ1v) is 8.83. The van der Waals surface area contributed by atoms with Crippen LogP contribution < -0.4 is 9.47 Å². The van der Waals surface area contributed by atoms with E-state index < -0.39 is 0 Å². The van der Waals surface area contributed by atoms with Crippen LogP contribution in [0.15, 0.2) is 24.3 Å². The van der Waals surface area contributed by atoms with Crippen molar-refractivity contribution in [1.82, 2.24) is 4.90 Å². The molecule has 2 saturated heterocycles. The number of fused-ring (bicyclic) bond motifs is 1. The fourth-order valence-electron chi connectivity index (χ4n) is 3.97. The van der Waals surface area contributed by atoms with E-state index in [4.69, 9.17) is 18.9 Å². The number of amides is 1. The van der Waals surface area contributed by atoms with Gasteiger partial charge in [-0.3, -0.25) is 4.79 Å². The number of piperidine rings is 1. The Labute approximate surface area is 149 Å².